The molecule has 0 radical (unpaired) electrons. The summed E-state index contributed by atoms with van der Waals surface area (Å²) in [4.78, 5) is 9.45. The van der Waals surface area contributed by atoms with Crippen LogP contribution in [0, 0.1) is 0 Å². The van der Waals surface area contributed by atoms with Gasteiger partial charge in [0.15, 0.2) is 0 Å². The van der Waals surface area contributed by atoms with Gasteiger partial charge < -0.3 is 15.7 Å². The zero-order valence-corrected chi connectivity index (χ0v) is 7.95. The van der Waals surface area contributed by atoms with E-state index in [4.69, 9.17) is 34.8 Å². The van der Waals surface area contributed by atoms with E-state index in [0.29, 0.717) is 0 Å². The molecular formula is C3H6Cl3LiO4. The molecule has 0 bridgehead atoms. The summed E-state index contributed by atoms with van der Waals surface area (Å²) in [5, 5.41) is 0. The summed E-state index contributed by atoms with van der Waals surface area (Å²) in [5.74, 6) is 0. The van der Waals surface area contributed by atoms with E-state index in [1.807, 2.05) is 0 Å². The minimum atomic E-state index is -1.49. The van der Waals surface area contributed by atoms with Crippen LogP contribution in [0.3, 0.4) is 0 Å². The monoisotopic (exact) mass is 218 g/mol. The Kier molecular flexibility index (Phi) is 22.3. The van der Waals surface area contributed by atoms with Gasteiger partial charge in [-0.2, -0.15) is 0 Å². The molecule has 0 aliphatic rings. The molecule has 0 aromatic carbocycles. The Labute approximate surface area is 90.9 Å². The van der Waals surface area contributed by atoms with Crippen molar-refractivity contribution in [3.63, 3.8) is 0 Å². The molecule has 0 aliphatic heterocycles. The Morgan fingerprint density at radius 1 is 1.36 bits per heavy atom. The van der Waals surface area contributed by atoms with Crippen LogP contribution in [0.4, 0.5) is 0 Å². The first-order chi connectivity index (χ1) is 3.56. The van der Waals surface area contributed by atoms with Crippen molar-refractivity contribution in [2.24, 2.45) is 0 Å². The Balaban J connectivity index is -0.0000000817. The molecule has 11 heavy (non-hydrogen) atoms. The predicted molar refractivity (Wildman–Crippen MR) is 37.9 cm³/mol. The van der Waals surface area contributed by atoms with Crippen molar-refractivity contribution in [2.45, 2.75) is 3.79 Å². The van der Waals surface area contributed by atoms with E-state index in [0.717, 1.165) is 0 Å². The first-order valence-electron chi connectivity index (χ1n) is 1.68. The summed E-state index contributed by atoms with van der Waals surface area (Å²) in [6, 6.07) is 0. The van der Waals surface area contributed by atoms with Crippen molar-refractivity contribution in [3.05, 3.63) is 0 Å². The summed E-state index contributed by atoms with van der Waals surface area (Å²) >= 11 is 15.5. The number of alkyl halides is 3. The van der Waals surface area contributed by atoms with Gasteiger partial charge in [0.1, 0.15) is 6.61 Å². The van der Waals surface area contributed by atoms with Gasteiger partial charge >= 0.3 is 18.9 Å². The predicted octanol–water partition coefficient (Wildman–Crippen LogP) is -2.47. The van der Waals surface area contributed by atoms with Gasteiger partial charge in [-0.15, -0.1) is 0 Å². The zero-order valence-electron chi connectivity index (χ0n) is 5.68. The standard InChI is InChI=1S/C3H3Cl3O2.Li.2H2O/c4-3(5,6)1-8-2-7;;;/h2H,1H2;;2*1H2/q;+1;;/p-1. The van der Waals surface area contributed by atoms with Crippen molar-refractivity contribution in [1.82, 2.24) is 0 Å². The number of carbonyl (C=O) groups is 1. The van der Waals surface area contributed by atoms with Crippen LogP contribution >= 0.6 is 34.8 Å². The van der Waals surface area contributed by atoms with E-state index < -0.39 is 3.79 Å². The topological polar surface area (TPSA) is 87.8 Å². The van der Waals surface area contributed by atoms with Crippen LogP contribution in [-0.2, 0) is 9.53 Å². The number of ether oxygens (including phenoxy) is 1. The van der Waals surface area contributed by atoms with Crippen molar-refractivity contribution >= 4 is 41.3 Å². The molecule has 0 saturated heterocycles. The van der Waals surface area contributed by atoms with Gasteiger partial charge in [-0.25, -0.2) is 0 Å². The molecule has 0 atom stereocenters. The molecule has 0 heterocycles. The molecule has 8 heteroatoms. The number of hydrogen-bond acceptors (Lipinski definition) is 3. The van der Waals surface area contributed by atoms with E-state index in [2.05, 4.69) is 4.74 Å². The number of carbonyl (C=O) groups excluding carboxylic acids is 1. The molecule has 0 aromatic heterocycles. The van der Waals surface area contributed by atoms with Crippen LogP contribution < -0.4 is 18.9 Å². The van der Waals surface area contributed by atoms with Crippen LogP contribution in [-0.4, -0.2) is 27.8 Å². The van der Waals surface area contributed by atoms with E-state index >= 15 is 0 Å². The molecule has 3 N–H and O–H groups in total. The first-order valence-corrected chi connectivity index (χ1v) is 2.81. The van der Waals surface area contributed by atoms with Crippen LogP contribution in [0.1, 0.15) is 0 Å². The molecule has 0 aromatic rings. The third-order valence-electron chi connectivity index (χ3n) is 0.315. The van der Waals surface area contributed by atoms with Gasteiger partial charge in [0.25, 0.3) is 6.47 Å². The second kappa shape index (κ2) is 10.9. The van der Waals surface area contributed by atoms with Gasteiger partial charge in [0.05, 0.1) is 0 Å². The number of rotatable bonds is 2. The number of hydrogen-bond donors (Lipinski definition) is 0. The van der Waals surface area contributed by atoms with Crippen LogP contribution in [0.5, 0.6) is 0 Å². The molecule has 0 amide bonds. The van der Waals surface area contributed by atoms with Gasteiger partial charge in [-0.05, 0) is 0 Å². The Hall–Kier alpha value is 0.857. The van der Waals surface area contributed by atoms with Gasteiger partial charge in [-0.1, -0.05) is 34.8 Å². The molecule has 0 unspecified atom stereocenters. The second-order valence-electron chi connectivity index (χ2n) is 1.02. The number of halogens is 3. The summed E-state index contributed by atoms with van der Waals surface area (Å²) in [7, 11) is 0. The van der Waals surface area contributed by atoms with E-state index in [1.54, 1.807) is 0 Å². The fourth-order valence-electron chi connectivity index (χ4n) is 0.129. The average molecular weight is 219 g/mol. The fraction of sp³-hybridized carbons (Fsp3) is 0.667. The average Bonchev–Trinajstić information content (AvgIpc) is 1.59. The van der Waals surface area contributed by atoms with Gasteiger partial charge in [-0.3, -0.25) is 4.79 Å². The maximum absolute atomic E-state index is 9.45. The van der Waals surface area contributed by atoms with Gasteiger partial charge in [0, 0.05) is 0 Å². The Morgan fingerprint density at radius 3 is 1.82 bits per heavy atom. The zero-order chi connectivity index (χ0) is 6.62. The molecule has 0 fully saturated rings. The summed E-state index contributed by atoms with van der Waals surface area (Å²) in [5.41, 5.74) is 0. The van der Waals surface area contributed by atoms with Crippen molar-refractivity contribution < 1.29 is 39.3 Å². The largest absolute Gasteiger partial charge is 1.00 e. The maximum atomic E-state index is 9.45. The van der Waals surface area contributed by atoms with Crippen molar-refractivity contribution in [2.75, 3.05) is 6.61 Å². The van der Waals surface area contributed by atoms with Crippen LogP contribution in [0.25, 0.3) is 0 Å². The van der Waals surface area contributed by atoms with E-state index in [9.17, 15) is 4.79 Å². The minimum Gasteiger partial charge on any atom is -0.870 e. The fourth-order valence-corrected chi connectivity index (χ4v) is 0.317. The Bertz CT molecular complexity index is 85.1. The smallest absolute Gasteiger partial charge is 0.870 e. The van der Waals surface area contributed by atoms with Crippen molar-refractivity contribution in [1.29, 1.82) is 0 Å². The minimum absolute atomic E-state index is 0. The molecule has 0 spiro atoms. The van der Waals surface area contributed by atoms with Gasteiger partial charge in [0.2, 0.25) is 3.79 Å². The third kappa shape index (κ3) is 24.8. The summed E-state index contributed by atoms with van der Waals surface area (Å²) in [6.07, 6.45) is 0. The summed E-state index contributed by atoms with van der Waals surface area (Å²) < 4.78 is 2.64. The molecule has 0 aliphatic carbocycles. The molecule has 4 nitrogen and oxygen atoms in total. The maximum Gasteiger partial charge on any atom is 1.00 e. The van der Waals surface area contributed by atoms with E-state index in [1.165, 1.54) is 0 Å². The van der Waals surface area contributed by atoms with E-state index in [-0.39, 0.29) is 42.9 Å². The summed E-state index contributed by atoms with van der Waals surface area (Å²) in [6.45, 7) is 0.0169. The SMILES string of the molecule is O.O=COCC(Cl)(Cl)Cl.[Li+].[OH-]. The molecule has 64 valence electrons. The van der Waals surface area contributed by atoms with Crippen molar-refractivity contribution in [3.8, 4) is 0 Å². The third-order valence-corrected chi connectivity index (χ3v) is 0.642. The first kappa shape index (κ1) is 22.6. The molecule has 0 rings (SSSR count). The second-order valence-corrected chi connectivity index (χ2v) is 3.54. The molecule has 0 saturated carbocycles. The quantitative estimate of drug-likeness (QED) is 0.293. The van der Waals surface area contributed by atoms with Crippen LogP contribution in [0.2, 0.25) is 0 Å². The Morgan fingerprint density at radius 2 is 1.73 bits per heavy atom. The van der Waals surface area contributed by atoms with Crippen LogP contribution in [0.15, 0.2) is 0 Å². The molecular weight excluding hydrogens is 213 g/mol. The normalized spacial score (nSPS) is 7.91.